The molecule has 1 fully saturated rings. The molecule has 21 heavy (non-hydrogen) atoms. The Kier molecular flexibility index (Phi) is 4.15. The van der Waals surface area contributed by atoms with Crippen molar-refractivity contribution in [2.45, 2.75) is 25.7 Å². The van der Waals surface area contributed by atoms with Crippen LogP contribution >= 0.6 is 0 Å². The SMILES string of the molecule is O=C1CCCC/C1=C\c1ccccc1Oc1ccccc1. The van der Waals surface area contributed by atoms with Crippen molar-refractivity contribution in [3.05, 3.63) is 65.7 Å². The van der Waals surface area contributed by atoms with Gasteiger partial charge < -0.3 is 4.74 Å². The van der Waals surface area contributed by atoms with Crippen LogP contribution in [0.1, 0.15) is 31.2 Å². The fourth-order valence-electron chi connectivity index (χ4n) is 2.55. The normalized spacial score (nSPS) is 17.0. The van der Waals surface area contributed by atoms with Crippen LogP contribution in [0.5, 0.6) is 11.5 Å². The molecule has 2 aromatic carbocycles. The molecule has 106 valence electrons. The van der Waals surface area contributed by atoms with E-state index < -0.39 is 0 Å². The molecule has 2 nitrogen and oxygen atoms in total. The summed E-state index contributed by atoms with van der Waals surface area (Å²) in [4.78, 5) is 12.0. The van der Waals surface area contributed by atoms with Crippen molar-refractivity contribution in [1.82, 2.24) is 0 Å². The highest BCUT2D eigenvalue weighted by Crippen LogP contribution is 2.29. The lowest BCUT2D eigenvalue weighted by molar-refractivity contribution is -0.116. The fraction of sp³-hybridized carbons (Fsp3) is 0.211. The van der Waals surface area contributed by atoms with E-state index in [9.17, 15) is 4.79 Å². The van der Waals surface area contributed by atoms with Gasteiger partial charge in [-0.2, -0.15) is 0 Å². The Morgan fingerprint density at radius 1 is 0.857 bits per heavy atom. The summed E-state index contributed by atoms with van der Waals surface area (Å²) < 4.78 is 5.93. The highest BCUT2D eigenvalue weighted by Gasteiger charge is 2.15. The minimum Gasteiger partial charge on any atom is -0.457 e. The van der Waals surface area contributed by atoms with Crippen molar-refractivity contribution in [3.63, 3.8) is 0 Å². The third kappa shape index (κ3) is 3.40. The van der Waals surface area contributed by atoms with Crippen molar-refractivity contribution >= 4 is 11.9 Å². The second-order valence-corrected chi connectivity index (χ2v) is 5.25. The Labute approximate surface area is 125 Å². The molecule has 0 aliphatic heterocycles. The number of ketones is 1. The first-order valence-electron chi connectivity index (χ1n) is 7.38. The van der Waals surface area contributed by atoms with E-state index in [0.29, 0.717) is 6.42 Å². The zero-order valence-electron chi connectivity index (χ0n) is 11.9. The molecule has 2 aromatic rings. The zero-order valence-corrected chi connectivity index (χ0v) is 11.9. The van der Waals surface area contributed by atoms with Crippen LogP contribution in [0.15, 0.2) is 60.2 Å². The molecule has 0 unspecified atom stereocenters. The van der Waals surface area contributed by atoms with E-state index in [0.717, 1.165) is 41.9 Å². The molecule has 1 saturated carbocycles. The summed E-state index contributed by atoms with van der Waals surface area (Å²) in [5.41, 5.74) is 1.89. The lowest BCUT2D eigenvalue weighted by atomic mass is 9.92. The maximum atomic E-state index is 12.0. The van der Waals surface area contributed by atoms with Crippen molar-refractivity contribution in [2.75, 3.05) is 0 Å². The maximum absolute atomic E-state index is 12.0. The van der Waals surface area contributed by atoms with Gasteiger partial charge in [-0.3, -0.25) is 4.79 Å². The first-order chi connectivity index (χ1) is 10.3. The molecule has 0 heterocycles. The summed E-state index contributed by atoms with van der Waals surface area (Å²) >= 11 is 0. The van der Waals surface area contributed by atoms with E-state index in [1.165, 1.54) is 0 Å². The van der Waals surface area contributed by atoms with E-state index >= 15 is 0 Å². The van der Waals surface area contributed by atoms with Crippen LogP contribution in [-0.2, 0) is 4.79 Å². The summed E-state index contributed by atoms with van der Waals surface area (Å²) in [6.07, 6.45) is 5.64. The van der Waals surface area contributed by atoms with E-state index in [1.54, 1.807) is 0 Å². The number of carbonyl (C=O) groups is 1. The Morgan fingerprint density at radius 3 is 2.38 bits per heavy atom. The molecule has 0 aromatic heterocycles. The first kappa shape index (κ1) is 13.6. The number of rotatable bonds is 3. The molecule has 3 rings (SSSR count). The Bertz CT molecular complexity index is 656. The predicted octanol–water partition coefficient (Wildman–Crippen LogP) is 5.01. The smallest absolute Gasteiger partial charge is 0.158 e. The van der Waals surface area contributed by atoms with Gasteiger partial charge in [0.25, 0.3) is 0 Å². The van der Waals surface area contributed by atoms with E-state index in [2.05, 4.69) is 0 Å². The van der Waals surface area contributed by atoms with Gasteiger partial charge in [0.2, 0.25) is 0 Å². The molecule has 0 atom stereocenters. The lowest BCUT2D eigenvalue weighted by Crippen LogP contribution is -2.08. The van der Waals surface area contributed by atoms with Gasteiger partial charge in [-0.05, 0) is 49.1 Å². The number of benzene rings is 2. The van der Waals surface area contributed by atoms with E-state index in [1.807, 2.05) is 60.7 Å². The third-order valence-electron chi connectivity index (χ3n) is 3.68. The number of allylic oxidation sites excluding steroid dienone is 1. The van der Waals surface area contributed by atoms with Gasteiger partial charge in [0.15, 0.2) is 5.78 Å². The molecule has 2 heteroatoms. The van der Waals surface area contributed by atoms with Crippen molar-refractivity contribution < 1.29 is 9.53 Å². The van der Waals surface area contributed by atoms with Crippen LogP contribution < -0.4 is 4.74 Å². The van der Waals surface area contributed by atoms with Gasteiger partial charge in [-0.25, -0.2) is 0 Å². The van der Waals surface area contributed by atoms with Gasteiger partial charge in [-0.1, -0.05) is 36.4 Å². The zero-order chi connectivity index (χ0) is 14.5. The average molecular weight is 278 g/mol. The molecule has 0 radical (unpaired) electrons. The molecular formula is C19H18O2. The Morgan fingerprint density at radius 2 is 1.57 bits per heavy atom. The van der Waals surface area contributed by atoms with Crippen LogP contribution in [0.25, 0.3) is 6.08 Å². The number of Topliss-reactive ketones (excluding diaryl/α,β-unsaturated/α-hetero) is 1. The standard InChI is InChI=1S/C19H18O2/c20-18-12-6-4-8-15(18)14-16-9-5-7-13-19(16)21-17-10-2-1-3-11-17/h1-3,5,7,9-11,13-14H,4,6,8,12H2/b15-14+. The molecule has 0 bridgehead atoms. The minimum atomic E-state index is 0.274. The number of hydrogen-bond acceptors (Lipinski definition) is 2. The Balaban J connectivity index is 1.89. The van der Waals surface area contributed by atoms with Crippen LogP contribution in [-0.4, -0.2) is 5.78 Å². The minimum absolute atomic E-state index is 0.274. The van der Waals surface area contributed by atoms with E-state index in [4.69, 9.17) is 4.74 Å². The second-order valence-electron chi connectivity index (χ2n) is 5.25. The lowest BCUT2D eigenvalue weighted by Gasteiger charge is -2.14. The summed E-state index contributed by atoms with van der Waals surface area (Å²) in [5.74, 6) is 1.86. The van der Waals surface area contributed by atoms with Crippen molar-refractivity contribution in [3.8, 4) is 11.5 Å². The van der Waals surface area contributed by atoms with Crippen molar-refractivity contribution in [2.24, 2.45) is 0 Å². The highest BCUT2D eigenvalue weighted by molar-refractivity contribution is 6.00. The van der Waals surface area contributed by atoms with Crippen LogP contribution in [0, 0.1) is 0 Å². The summed E-state index contributed by atoms with van der Waals surface area (Å²) in [7, 11) is 0. The largest absolute Gasteiger partial charge is 0.457 e. The van der Waals surface area contributed by atoms with Crippen LogP contribution in [0.4, 0.5) is 0 Å². The van der Waals surface area contributed by atoms with Gasteiger partial charge in [0, 0.05) is 12.0 Å². The van der Waals surface area contributed by atoms with Crippen molar-refractivity contribution in [1.29, 1.82) is 0 Å². The molecule has 1 aliphatic rings. The average Bonchev–Trinajstić information content (AvgIpc) is 2.52. The molecule has 0 amide bonds. The number of carbonyl (C=O) groups excluding carboxylic acids is 1. The molecule has 0 saturated heterocycles. The predicted molar refractivity (Wildman–Crippen MR) is 84.4 cm³/mol. The summed E-state index contributed by atoms with van der Waals surface area (Å²) in [6.45, 7) is 0. The topological polar surface area (TPSA) is 26.3 Å². The summed E-state index contributed by atoms with van der Waals surface area (Å²) in [6, 6.07) is 17.6. The second kappa shape index (κ2) is 6.40. The summed E-state index contributed by atoms with van der Waals surface area (Å²) in [5, 5.41) is 0. The third-order valence-corrected chi connectivity index (χ3v) is 3.68. The van der Waals surface area contributed by atoms with Gasteiger partial charge in [-0.15, -0.1) is 0 Å². The molecule has 0 spiro atoms. The van der Waals surface area contributed by atoms with Crippen LogP contribution in [0.2, 0.25) is 0 Å². The van der Waals surface area contributed by atoms with Gasteiger partial charge in [0.05, 0.1) is 0 Å². The Hall–Kier alpha value is -2.35. The van der Waals surface area contributed by atoms with Gasteiger partial charge in [0.1, 0.15) is 11.5 Å². The monoisotopic (exact) mass is 278 g/mol. The highest BCUT2D eigenvalue weighted by atomic mass is 16.5. The maximum Gasteiger partial charge on any atom is 0.158 e. The quantitative estimate of drug-likeness (QED) is 0.738. The number of hydrogen-bond donors (Lipinski definition) is 0. The molecule has 0 N–H and O–H groups in total. The fourth-order valence-corrected chi connectivity index (χ4v) is 2.55. The van der Waals surface area contributed by atoms with E-state index in [-0.39, 0.29) is 5.78 Å². The molecular weight excluding hydrogens is 260 g/mol. The van der Waals surface area contributed by atoms with Crippen LogP contribution in [0.3, 0.4) is 0 Å². The number of para-hydroxylation sites is 2. The first-order valence-corrected chi connectivity index (χ1v) is 7.38. The van der Waals surface area contributed by atoms with Gasteiger partial charge >= 0.3 is 0 Å². The number of ether oxygens (including phenoxy) is 1. The molecule has 1 aliphatic carbocycles.